The molecule has 0 saturated carbocycles. The molecule has 0 aromatic heterocycles. The van der Waals surface area contributed by atoms with Crippen LogP contribution in [0, 0.1) is 20.4 Å². The van der Waals surface area contributed by atoms with E-state index in [0.717, 1.165) is 12.5 Å². The van der Waals surface area contributed by atoms with Crippen LogP contribution in [0.15, 0.2) is 18.2 Å². The number of rotatable bonds is 6. The van der Waals surface area contributed by atoms with Crippen molar-refractivity contribution >= 4 is 26.9 Å². The van der Waals surface area contributed by atoms with Gasteiger partial charge < -0.3 is 26.4 Å². The number of carbonyl (C=O) groups is 2. The molecule has 0 saturated heterocycles. The fourth-order valence-electron chi connectivity index (χ4n) is 1.34. The molecule has 148 valence electrons. The maximum Gasteiger partial charge on any atom is 1.00 e. The van der Waals surface area contributed by atoms with E-state index in [2.05, 4.69) is 21.7 Å². The minimum Gasteiger partial charge on any atom is -0.607 e. The molecule has 0 radical (unpaired) electrons. The molecule has 1 N–H and O–H groups in total. The molecule has 10 heteroatoms. The molecule has 7 nitrogen and oxygen atoms in total. The summed E-state index contributed by atoms with van der Waals surface area (Å²) >= 11 is 0. The van der Waals surface area contributed by atoms with Crippen LogP contribution >= 0.6 is 8.07 Å². The molecule has 1 unspecified atom stereocenters. The second-order valence-electron chi connectivity index (χ2n) is 5.64. The van der Waals surface area contributed by atoms with Gasteiger partial charge in [0.2, 0.25) is 0 Å². The number of hydrogen-bond acceptors (Lipinski definition) is 6. The van der Waals surface area contributed by atoms with Gasteiger partial charge in [-0.25, -0.2) is 16.3 Å². The standard InChI is InChI=1S/C8H4FO3.C8H17NO3P.CH3.K/c9-7-3-6(4-10)1-2-8(7)12-5-11;1-8(2,3)12-7(10)9-13(5)6-11-4;;/h1-4H;4,6H2,1-3,5H3,(H,9,10);1H3;/q3*-1;+1. The van der Waals surface area contributed by atoms with Gasteiger partial charge in [0, 0.05) is 19.4 Å². The fraction of sp³-hybridized carbons (Fsp3) is 0.353. The normalized spacial score (nSPS) is 10.6. The van der Waals surface area contributed by atoms with Crippen molar-refractivity contribution in [3.8, 4) is 5.75 Å². The van der Waals surface area contributed by atoms with E-state index in [-0.39, 0.29) is 70.1 Å². The fourth-order valence-corrected chi connectivity index (χ4v) is 2.04. The number of aldehydes is 1. The van der Waals surface area contributed by atoms with Crippen LogP contribution in [0.2, 0.25) is 0 Å². The van der Waals surface area contributed by atoms with Crippen LogP contribution in [0.4, 0.5) is 9.18 Å². The van der Waals surface area contributed by atoms with E-state index < -0.39 is 25.6 Å². The van der Waals surface area contributed by atoms with E-state index in [1.807, 2.05) is 27.4 Å². The van der Waals surface area contributed by atoms with E-state index in [0.29, 0.717) is 12.6 Å². The number of carbonyl (C=O) groups excluding carboxylic acids is 3. The average Bonchev–Trinajstić information content (AvgIpc) is 2.48. The summed E-state index contributed by atoms with van der Waals surface area (Å²) in [6.07, 6.45) is 0.532. The Kier molecular flexibility index (Phi) is 19.2. The summed E-state index contributed by atoms with van der Waals surface area (Å²) < 4.78 is 26.6. The third kappa shape index (κ3) is 16.3. The summed E-state index contributed by atoms with van der Waals surface area (Å²) in [5, 5.41) is 2.68. The Hall–Kier alpha value is -0.414. The Morgan fingerprint density at radius 3 is 2.41 bits per heavy atom. The van der Waals surface area contributed by atoms with Gasteiger partial charge in [0.15, 0.2) is 6.47 Å². The molecule has 1 aromatic rings. The molecule has 0 spiro atoms. The minimum absolute atomic E-state index is 0. The Morgan fingerprint density at radius 1 is 1.41 bits per heavy atom. The van der Waals surface area contributed by atoms with Crippen LogP contribution in [0.3, 0.4) is 0 Å². The largest absolute Gasteiger partial charge is 1.00 e. The first-order valence-electron chi connectivity index (χ1n) is 6.99. The second kappa shape index (κ2) is 16.5. The van der Waals surface area contributed by atoms with Gasteiger partial charge in [-0.05, 0) is 33.5 Å². The molecule has 1 rings (SSSR count). The molecule has 1 aromatic carbocycles. The zero-order valence-corrected chi connectivity index (χ0v) is 20.5. The van der Waals surface area contributed by atoms with Crippen LogP contribution in [-0.2, 0) is 14.3 Å². The topological polar surface area (TPSA) is 90.9 Å². The third-order valence-electron chi connectivity index (χ3n) is 2.21. The predicted molar refractivity (Wildman–Crippen MR) is 98.0 cm³/mol. The predicted octanol–water partition coefficient (Wildman–Crippen LogP) is 0.842. The Balaban J connectivity index is -0.000000398. The van der Waals surface area contributed by atoms with E-state index in [9.17, 15) is 18.8 Å². The van der Waals surface area contributed by atoms with Crippen molar-refractivity contribution in [1.82, 2.24) is 5.09 Å². The molecule has 0 heterocycles. The van der Waals surface area contributed by atoms with E-state index in [4.69, 9.17) is 4.74 Å². The molecular weight excluding hydrogens is 403 g/mol. The smallest absolute Gasteiger partial charge is 0.607 e. The second-order valence-corrected chi connectivity index (χ2v) is 7.52. The first-order valence-corrected chi connectivity index (χ1v) is 8.96. The number of nitrogens with one attached hydrogen (secondary N) is 1. The van der Waals surface area contributed by atoms with Crippen LogP contribution in [0.1, 0.15) is 31.1 Å². The van der Waals surface area contributed by atoms with Crippen molar-refractivity contribution in [2.45, 2.75) is 26.4 Å². The van der Waals surface area contributed by atoms with Gasteiger partial charge in [-0.1, -0.05) is 6.07 Å². The SMILES string of the molecule is O=[C-]Oc1ccc(C=O)cc1F.[CH2-]OCP(C)NC(=O)OC(C)(C)C.[CH3-].[K+]. The average molecular weight is 427 g/mol. The van der Waals surface area contributed by atoms with Crippen LogP contribution in [-0.4, -0.2) is 37.5 Å². The molecule has 1 atom stereocenters. The van der Waals surface area contributed by atoms with Crippen molar-refractivity contribution in [2.24, 2.45) is 0 Å². The first kappa shape index (κ1) is 31.3. The summed E-state index contributed by atoms with van der Waals surface area (Å²) in [5.74, 6) is -1.00. The Bertz CT molecular complexity index is 583. The summed E-state index contributed by atoms with van der Waals surface area (Å²) in [6.45, 7) is 8.43. The molecule has 0 aliphatic carbocycles. The Labute approximate surface area is 203 Å². The van der Waals surface area contributed by atoms with Crippen molar-refractivity contribution in [3.05, 3.63) is 44.1 Å². The van der Waals surface area contributed by atoms with Gasteiger partial charge in [0.05, 0.1) is 12.2 Å². The van der Waals surface area contributed by atoms with Crippen molar-refractivity contribution in [1.29, 1.82) is 0 Å². The van der Waals surface area contributed by atoms with Gasteiger partial charge in [-0.2, -0.15) is 0 Å². The summed E-state index contributed by atoms with van der Waals surface area (Å²) in [7, 11) is 2.55. The zero-order valence-electron chi connectivity index (χ0n) is 16.5. The number of halogens is 1. The molecule has 1 amide bonds. The maximum atomic E-state index is 12.8. The number of hydrogen-bond donors (Lipinski definition) is 1. The van der Waals surface area contributed by atoms with Crippen LogP contribution in [0.25, 0.3) is 0 Å². The zero-order chi connectivity index (χ0) is 19.5. The van der Waals surface area contributed by atoms with E-state index in [1.54, 1.807) is 0 Å². The summed E-state index contributed by atoms with van der Waals surface area (Å²) in [4.78, 5) is 31.0. The van der Waals surface area contributed by atoms with Crippen molar-refractivity contribution < 1.29 is 84.4 Å². The van der Waals surface area contributed by atoms with Gasteiger partial charge in [0.1, 0.15) is 11.9 Å². The van der Waals surface area contributed by atoms with Gasteiger partial charge in [-0.15, -0.1) is 6.07 Å². The number of ether oxygens (including phenoxy) is 3. The number of amides is 1. The van der Waals surface area contributed by atoms with Crippen LogP contribution < -0.4 is 61.2 Å². The molecule has 0 aliphatic heterocycles. The van der Waals surface area contributed by atoms with Gasteiger partial charge >= 0.3 is 57.5 Å². The molecule has 0 bridgehead atoms. The first-order chi connectivity index (χ1) is 11.6. The van der Waals surface area contributed by atoms with Gasteiger partial charge in [-0.3, -0.25) is 9.88 Å². The number of benzene rings is 1. The molecular formula is C17H24FKNO6P-2. The monoisotopic (exact) mass is 427 g/mol. The maximum absolute atomic E-state index is 12.8. The third-order valence-corrected chi connectivity index (χ3v) is 3.34. The Morgan fingerprint density at radius 2 is 2.00 bits per heavy atom. The minimum atomic E-state index is -0.761. The van der Waals surface area contributed by atoms with Crippen molar-refractivity contribution in [3.63, 3.8) is 0 Å². The molecule has 0 aliphatic rings. The van der Waals surface area contributed by atoms with E-state index >= 15 is 0 Å². The van der Waals surface area contributed by atoms with Crippen molar-refractivity contribution in [2.75, 3.05) is 13.0 Å². The van der Waals surface area contributed by atoms with Gasteiger partial charge in [0.25, 0.3) is 0 Å². The quantitative estimate of drug-likeness (QED) is 0.313. The van der Waals surface area contributed by atoms with E-state index in [1.165, 1.54) is 12.1 Å². The summed E-state index contributed by atoms with van der Waals surface area (Å²) in [6, 6.07) is 3.49. The van der Waals surface area contributed by atoms with Crippen LogP contribution in [0.5, 0.6) is 5.75 Å². The molecule has 0 fully saturated rings. The summed E-state index contributed by atoms with van der Waals surface area (Å²) in [5.41, 5.74) is -0.267. The molecule has 27 heavy (non-hydrogen) atoms.